The molecule has 0 bridgehead atoms. The van der Waals surface area contributed by atoms with E-state index in [1.54, 1.807) is 0 Å². The fourth-order valence-corrected chi connectivity index (χ4v) is 3.31. The molecular formula is C12H22Cl2F3N5O2S. The Kier molecular flexibility index (Phi) is 10.3. The maximum atomic E-state index is 12.2. The van der Waals surface area contributed by atoms with E-state index in [4.69, 9.17) is 0 Å². The van der Waals surface area contributed by atoms with Gasteiger partial charge in [-0.2, -0.15) is 18.3 Å². The zero-order valence-electron chi connectivity index (χ0n) is 13.3. The molecule has 0 radical (unpaired) electrons. The van der Waals surface area contributed by atoms with Crippen molar-refractivity contribution >= 4 is 34.8 Å². The molecule has 2 N–H and O–H groups in total. The third kappa shape index (κ3) is 8.56. The molecule has 1 aromatic heterocycles. The van der Waals surface area contributed by atoms with Crippen molar-refractivity contribution < 1.29 is 21.6 Å². The summed E-state index contributed by atoms with van der Waals surface area (Å²) >= 11 is 0. The minimum absolute atomic E-state index is 0. The van der Waals surface area contributed by atoms with E-state index in [9.17, 15) is 21.6 Å². The summed E-state index contributed by atoms with van der Waals surface area (Å²) in [6.07, 6.45) is -2.00. The highest BCUT2D eigenvalue weighted by Gasteiger charge is 2.29. The van der Waals surface area contributed by atoms with Crippen LogP contribution in [0.1, 0.15) is 6.42 Å². The van der Waals surface area contributed by atoms with Crippen molar-refractivity contribution in [2.45, 2.75) is 24.0 Å². The van der Waals surface area contributed by atoms with Crippen molar-refractivity contribution in [1.82, 2.24) is 24.7 Å². The van der Waals surface area contributed by atoms with Gasteiger partial charge in [-0.25, -0.2) is 13.1 Å². The number of sulfonamides is 1. The van der Waals surface area contributed by atoms with Gasteiger partial charge in [0.05, 0.1) is 6.20 Å². The lowest BCUT2D eigenvalue weighted by Gasteiger charge is -2.26. The fraction of sp³-hybridized carbons (Fsp3) is 0.750. The average Bonchev–Trinajstić information content (AvgIpc) is 2.92. The third-order valence-electron chi connectivity index (χ3n) is 3.41. The highest BCUT2D eigenvalue weighted by atomic mass is 35.5. The van der Waals surface area contributed by atoms with Crippen LogP contribution in [0.5, 0.6) is 0 Å². The molecule has 0 spiro atoms. The fourth-order valence-electron chi connectivity index (χ4n) is 2.28. The molecule has 0 amide bonds. The molecule has 1 aliphatic heterocycles. The first-order chi connectivity index (χ1) is 10.8. The van der Waals surface area contributed by atoms with Crippen molar-refractivity contribution in [1.29, 1.82) is 0 Å². The topological polar surface area (TPSA) is 79.3 Å². The Labute approximate surface area is 157 Å². The number of nitrogens with zero attached hydrogens (tertiary/aromatic N) is 3. The molecular weight excluding hydrogens is 406 g/mol. The summed E-state index contributed by atoms with van der Waals surface area (Å²) in [5.74, 6) is 0. The Hall–Kier alpha value is -0.590. The van der Waals surface area contributed by atoms with Crippen LogP contribution in [0.2, 0.25) is 0 Å². The van der Waals surface area contributed by atoms with Gasteiger partial charge in [-0.05, 0) is 13.0 Å². The Morgan fingerprint density at radius 3 is 2.48 bits per heavy atom. The summed E-state index contributed by atoms with van der Waals surface area (Å²) in [4.78, 5) is 1.97. The molecule has 148 valence electrons. The average molecular weight is 428 g/mol. The predicted molar refractivity (Wildman–Crippen MR) is 91.9 cm³/mol. The standard InChI is InChI=1S/C12H20F3N5O2S.2ClH/c13-12(14,15)10-20-9-11(8-17-20)23(21,22)18-2-1-5-19-6-3-16-4-7-19;;/h8-9,16,18H,1-7,10H2;2*1H. The SMILES string of the molecule is Cl.Cl.O=S(=O)(NCCCN1CCNCC1)c1cnn(CC(F)(F)F)c1. The maximum Gasteiger partial charge on any atom is 0.408 e. The van der Waals surface area contributed by atoms with Gasteiger partial charge in [0.25, 0.3) is 0 Å². The second kappa shape index (κ2) is 10.5. The van der Waals surface area contributed by atoms with E-state index >= 15 is 0 Å². The quantitative estimate of drug-likeness (QED) is 0.630. The first-order valence-electron chi connectivity index (χ1n) is 7.28. The second-order valence-electron chi connectivity index (χ2n) is 5.33. The number of aromatic nitrogens is 2. The molecule has 2 heterocycles. The predicted octanol–water partition coefficient (Wildman–Crippen LogP) is 0.863. The normalized spacial score (nSPS) is 16.1. The zero-order chi connectivity index (χ0) is 16.9. The Morgan fingerprint density at radius 2 is 1.88 bits per heavy atom. The van der Waals surface area contributed by atoms with Crippen LogP contribution in [-0.4, -0.2) is 68.5 Å². The number of rotatable bonds is 7. The summed E-state index contributed by atoms with van der Waals surface area (Å²) in [5.41, 5.74) is 0. The second-order valence-corrected chi connectivity index (χ2v) is 7.10. The van der Waals surface area contributed by atoms with Gasteiger partial charge in [-0.1, -0.05) is 0 Å². The lowest BCUT2D eigenvalue weighted by atomic mass is 10.3. The van der Waals surface area contributed by atoms with Crippen LogP contribution in [0.4, 0.5) is 13.2 Å². The van der Waals surface area contributed by atoms with Crippen molar-refractivity contribution in [3.63, 3.8) is 0 Å². The molecule has 0 unspecified atom stereocenters. The van der Waals surface area contributed by atoms with Gasteiger partial charge in [-0.3, -0.25) is 4.68 Å². The van der Waals surface area contributed by atoms with Gasteiger partial charge in [0.2, 0.25) is 10.0 Å². The summed E-state index contributed by atoms with van der Waals surface area (Å²) in [6, 6.07) is 0. The molecule has 1 aromatic rings. The Morgan fingerprint density at radius 1 is 1.24 bits per heavy atom. The molecule has 7 nitrogen and oxygen atoms in total. The van der Waals surface area contributed by atoms with E-state index in [2.05, 4.69) is 20.0 Å². The summed E-state index contributed by atoms with van der Waals surface area (Å²) in [5, 5.41) is 6.66. The van der Waals surface area contributed by atoms with Crippen molar-refractivity contribution in [2.24, 2.45) is 0 Å². The van der Waals surface area contributed by atoms with Crippen LogP contribution in [0.15, 0.2) is 17.3 Å². The summed E-state index contributed by atoms with van der Waals surface area (Å²) in [7, 11) is -3.83. The molecule has 1 saturated heterocycles. The molecule has 25 heavy (non-hydrogen) atoms. The van der Waals surface area contributed by atoms with Crippen LogP contribution in [0.25, 0.3) is 0 Å². The van der Waals surface area contributed by atoms with E-state index in [1.165, 1.54) is 0 Å². The molecule has 0 atom stereocenters. The first kappa shape index (κ1) is 24.4. The monoisotopic (exact) mass is 427 g/mol. The van der Waals surface area contributed by atoms with Crippen molar-refractivity contribution in [2.75, 3.05) is 39.3 Å². The molecule has 13 heteroatoms. The highest BCUT2D eigenvalue weighted by molar-refractivity contribution is 7.89. The van der Waals surface area contributed by atoms with E-state index in [-0.39, 0.29) is 36.3 Å². The van der Waals surface area contributed by atoms with Crippen LogP contribution in [-0.2, 0) is 16.6 Å². The number of halogens is 5. The third-order valence-corrected chi connectivity index (χ3v) is 4.83. The number of hydrogen-bond donors (Lipinski definition) is 2. The molecule has 1 aliphatic rings. The van der Waals surface area contributed by atoms with Gasteiger partial charge in [0.15, 0.2) is 0 Å². The smallest absolute Gasteiger partial charge is 0.314 e. The molecule has 0 aliphatic carbocycles. The minimum Gasteiger partial charge on any atom is -0.314 e. The van der Waals surface area contributed by atoms with E-state index < -0.39 is 22.7 Å². The Bertz CT molecular complexity index is 606. The van der Waals surface area contributed by atoms with Crippen molar-refractivity contribution in [3.8, 4) is 0 Å². The lowest BCUT2D eigenvalue weighted by molar-refractivity contribution is -0.142. The van der Waals surface area contributed by atoms with Crippen LogP contribution < -0.4 is 10.0 Å². The van der Waals surface area contributed by atoms with E-state index in [0.29, 0.717) is 11.1 Å². The molecule has 1 fully saturated rings. The van der Waals surface area contributed by atoms with Crippen LogP contribution in [0, 0.1) is 0 Å². The van der Waals surface area contributed by atoms with Gasteiger partial charge in [0, 0.05) is 38.9 Å². The van der Waals surface area contributed by atoms with E-state index in [1.807, 2.05) is 0 Å². The summed E-state index contributed by atoms with van der Waals surface area (Å²) in [6.45, 7) is 3.39. The maximum absolute atomic E-state index is 12.2. The summed E-state index contributed by atoms with van der Waals surface area (Å²) < 4.78 is 63.6. The molecule has 0 aromatic carbocycles. The van der Waals surface area contributed by atoms with Crippen LogP contribution in [0.3, 0.4) is 0 Å². The highest BCUT2D eigenvalue weighted by Crippen LogP contribution is 2.18. The molecule has 0 saturated carbocycles. The largest absolute Gasteiger partial charge is 0.408 e. The number of alkyl halides is 3. The Balaban J connectivity index is 0.00000288. The lowest BCUT2D eigenvalue weighted by Crippen LogP contribution is -2.44. The minimum atomic E-state index is -4.44. The van der Waals surface area contributed by atoms with Gasteiger partial charge < -0.3 is 10.2 Å². The number of nitrogens with one attached hydrogen (secondary N) is 2. The van der Waals surface area contributed by atoms with Crippen LogP contribution >= 0.6 is 24.8 Å². The van der Waals surface area contributed by atoms with E-state index in [0.717, 1.165) is 45.1 Å². The van der Waals surface area contributed by atoms with Gasteiger partial charge in [0.1, 0.15) is 11.4 Å². The molecule has 2 rings (SSSR count). The van der Waals surface area contributed by atoms with Gasteiger partial charge in [-0.15, -0.1) is 24.8 Å². The number of hydrogen-bond acceptors (Lipinski definition) is 5. The first-order valence-corrected chi connectivity index (χ1v) is 8.76. The van der Waals surface area contributed by atoms with Crippen molar-refractivity contribution in [3.05, 3.63) is 12.4 Å². The van der Waals surface area contributed by atoms with Gasteiger partial charge >= 0.3 is 6.18 Å². The zero-order valence-corrected chi connectivity index (χ0v) is 15.8. The number of piperazine rings is 1.